The first kappa shape index (κ1) is 12.7. The van der Waals surface area contributed by atoms with Crippen LogP contribution in [0.4, 0.5) is 5.95 Å². The van der Waals surface area contributed by atoms with Crippen LogP contribution in [0.3, 0.4) is 0 Å². The van der Waals surface area contributed by atoms with Crippen molar-refractivity contribution in [3.05, 3.63) is 28.5 Å². The maximum absolute atomic E-state index is 4.63. The molecule has 0 radical (unpaired) electrons. The summed E-state index contributed by atoms with van der Waals surface area (Å²) >= 11 is 1.70. The second-order valence-electron chi connectivity index (χ2n) is 5.29. The molecule has 1 aliphatic carbocycles. The molecule has 3 rings (SSSR count). The van der Waals surface area contributed by atoms with Gasteiger partial charge in [0.2, 0.25) is 5.95 Å². The fourth-order valence-corrected chi connectivity index (χ4v) is 3.42. The monoisotopic (exact) mass is 276 g/mol. The Kier molecular flexibility index (Phi) is 3.55. The van der Waals surface area contributed by atoms with Crippen LogP contribution in [0.25, 0.3) is 0 Å². The Bertz CT molecular complexity index is 526. The summed E-state index contributed by atoms with van der Waals surface area (Å²) in [6.07, 6.45) is 9.17. The van der Waals surface area contributed by atoms with E-state index in [1.807, 2.05) is 18.5 Å². The fourth-order valence-electron chi connectivity index (χ4n) is 2.73. The molecule has 0 aliphatic heterocycles. The lowest BCUT2D eigenvalue weighted by Gasteiger charge is -2.18. The molecule has 0 aromatic carbocycles. The van der Waals surface area contributed by atoms with Gasteiger partial charge in [-0.1, -0.05) is 12.8 Å². The molecule has 1 atom stereocenters. The van der Waals surface area contributed by atoms with Crippen LogP contribution in [0.1, 0.15) is 49.4 Å². The topological polar surface area (TPSA) is 42.7 Å². The summed E-state index contributed by atoms with van der Waals surface area (Å²) in [4.78, 5) is 9.05. The van der Waals surface area contributed by atoms with Crippen molar-refractivity contribution >= 4 is 17.3 Å². The molecule has 0 bridgehead atoms. The number of imidazole rings is 1. The standard InChI is InChI=1S/C14H20N4S/c1-10-9-18(11(2)13-15-7-8-19-13)14(16-10)17-12-5-3-4-6-12/h7-9,11-12H,3-6H2,1-2H3,(H,16,17). The van der Waals surface area contributed by atoms with E-state index >= 15 is 0 Å². The van der Waals surface area contributed by atoms with Gasteiger partial charge in [-0.25, -0.2) is 9.97 Å². The number of aromatic nitrogens is 3. The van der Waals surface area contributed by atoms with Crippen LogP contribution in [-0.2, 0) is 0 Å². The van der Waals surface area contributed by atoms with Crippen molar-refractivity contribution in [2.75, 3.05) is 5.32 Å². The van der Waals surface area contributed by atoms with Crippen LogP contribution in [-0.4, -0.2) is 20.6 Å². The molecule has 102 valence electrons. The van der Waals surface area contributed by atoms with E-state index < -0.39 is 0 Å². The first-order valence-electron chi connectivity index (χ1n) is 6.95. The van der Waals surface area contributed by atoms with Gasteiger partial charge in [-0.2, -0.15) is 0 Å². The average molecular weight is 276 g/mol. The van der Waals surface area contributed by atoms with Gasteiger partial charge in [0.15, 0.2) is 0 Å². The van der Waals surface area contributed by atoms with E-state index in [0.29, 0.717) is 6.04 Å². The zero-order chi connectivity index (χ0) is 13.2. The number of rotatable bonds is 4. The molecule has 2 aromatic heterocycles. The first-order valence-corrected chi connectivity index (χ1v) is 7.83. The Morgan fingerprint density at radius 3 is 2.89 bits per heavy atom. The fraction of sp³-hybridized carbons (Fsp3) is 0.571. The van der Waals surface area contributed by atoms with Crippen molar-refractivity contribution in [3.63, 3.8) is 0 Å². The number of nitrogens with zero attached hydrogens (tertiary/aromatic N) is 3. The largest absolute Gasteiger partial charge is 0.353 e. The predicted octanol–water partition coefficient (Wildman–Crippen LogP) is 3.61. The second-order valence-corrected chi connectivity index (χ2v) is 6.21. The van der Waals surface area contributed by atoms with Crippen molar-refractivity contribution in [2.24, 2.45) is 0 Å². The highest BCUT2D eigenvalue weighted by molar-refractivity contribution is 7.09. The number of nitrogens with one attached hydrogen (secondary N) is 1. The minimum Gasteiger partial charge on any atom is -0.353 e. The van der Waals surface area contributed by atoms with Gasteiger partial charge in [-0.15, -0.1) is 11.3 Å². The lowest BCUT2D eigenvalue weighted by Crippen LogP contribution is -2.19. The average Bonchev–Trinajstić information content (AvgIpc) is 3.10. The highest BCUT2D eigenvalue weighted by Crippen LogP contribution is 2.27. The highest BCUT2D eigenvalue weighted by atomic mass is 32.1. The van der Waals surface area contributed by atoms with Crippen LogP contribution in [0.2, 0.25) is 0 Å². The molecule has 1 unspecified atom stereocenters. The van der Waals surface area contributed by atoms with Crippen LogP contribution < -0.4 is 5.32 Å². The zero-order valence-corrected chi connectivity index (χ0v) is 12.3. The molecular weight excluding hydrogens is 256 g/mol. The van der Waals surface area contributed by atoms with Crippen molar-refractivity contribution < 1.29 is 0 Å². The number of aryl methyl sites for hydroxylation is 1. The van der Waals surface area contributed by atoms with Crippen LogP contribution >= 0.6 is 11.3 Å². The Labute approximate surface area is 117 Å². The van der Waals surface area contributed by atoms with E-state index in [0.717, 1.165) is 16.6 Å². The summed E-state index contributed by atoms with van der Waals surface area (Å²) in [5.41, 5.74) is 1.06. The van der Waals surface area contributed by atoms with Crippen LogP contribution in [0, 0.1) is 6.92 Å². The van der Waals surface area contributed by atoms with Gasteiger partial charge in [-0.05, 0) is 26.7 Å². The van der Waals surface area contributed by atoms with Gasteiger partial charge in [0.05, 0.1) is 11.7 Å². The van der Waals surface area contributed by atoms with Gasteiger partial charge in [0.25, 0.3) is 0 Å². The number of hydrogen-bond acceptors (Lipinski definition) is 4. The summed E-state index contributed by atoms with van der Waals surface area (Å²) in [6.45, 7) is 4.23. The molecule has 1 saturated carbocycles. The summed E-state index contributed by atoms with van der Waals surface area (Å²) in [7, 11) is 0. The number of hydrogen-bond donors (Lipinski definition) is 1. The maximum Gasteiger partial charge on any atom is 0.203 e. The third-order valence-electron chi connectivity index (χ3n) is 3.77. The Morgan fingerprint density at radius 1 is 1.42 bits per heavy atom. The van der Waals surface area contributed by atoms with Gasteiger partial charge < -0.3 is 9.88 Å². The van der Waals surface area contributed by atoms with Crippen molar-refractivity contribution in [2.45, 2.75) is 51.6 Å². The molecule has 1 aliphatic rings. The normalized spacial score (nSPS) is 17.8. The smallest absolute Gasteiger partial charge is 0.203 e. The van der Waals surface area contributed by atoms with Crippen molar-refractivity contribution in [1.82, 2.24) is 14.5 Å². The molecule has 0 amide bonds. The molecule has 4 nitrogen and oxygen atoms in total. The summed E-state index contributed by atoms with van der Waals surface area (Å²) in [6, 6.07) is 0.828. The molecule has 1 fully saturated rings. The summed E-state index contributed by atoms with van der Waals surface area (Å²) < 4.78 is 2.21. The molecular formula is C14H20N4S. The third kappa shape index (κ3) is 2.66. The van der Waals surface area contributed by atoms with E-state index in [1.54, 1.807) is 11.3 Å². The lowest BCUT2D eigenvalue weighted by atomic mass is 10.2. The molecule has 1 N–H and O–H groups in total. The minimum atomic E-state index is 0.241. The van der Waals surface area contributed by atoms with E-state index in [4.69, 9.17) is 0 Å². The predicted molar refractivity (Wildman–Crippen MR) is 78.8 cm³/mol. The van der Waals surface area contributed by atoms with Crippen LogP contribution in [0.5, 0.6) is 0 Å². The van der Waals surface area contributed by atoms with E-state index in [-0.39, 0.29) is 6.04 Å². The number of anilines is 1. The molecule has 5 heteroatoms. The van der Waals surface area contributed by atoms with E-state index in [1.165, 1.54) is 25.7 Å². The molecule has 0 spiro atoms. The second kappa shape index (κ2) is 5.33. The van der Waals surface area contributed by atoms with Gasteiger partial charge in [0, 0.05) is 23.8 Å². The Morgan fingerprint density at radius 2 is 2.21 bits per heavy atom. The summed E-state index contributed by atoms with van der Waals surface area (Å²) in [5.74, 6) is 0.993. The Balaban J connectivity index is 1.84. The highest BCUT2D eigenvalue weighted by Gasteiger charge is 2.20. The molecule has 19 heavy (non-hydrogen) atoms. The SMILES string of the molecule is Cc1cn(C(C)c2nccs2)c(NC2CCCC2)n1. The van der Waals surface area contributed by atoms with Crippen molar-refractivity contribution in [3.8, 4) is 0 Å². The molecule has 2 aromatic rings. The Hall–Kier alpha value is -1.36. The lowest BCUT2D eigenvalue weighted by molar-refractivity contribution is 0.626. The quantitative estimate of drug-likeness (QED) is 0.927. The van der Waals surface area contributed by atoms with Crippen LogP contribution in [0.15, 0.2) is 17.8 Å². The first-order chi connectivity index (χ1) is 9.24. The summed E-state index contributed by atoms with van der Waals surface area (Å²) in [5, 5.41) is 6.76. The number of thiazole rings is 1. The van der Waals surface area contributed by atoms with E-state index in [2.05, 4.69) is 33.0 Å². The maximum atomic E-state index is 4.63. The van der Waals surface area contributed by atoms with E-state index in [9.17, 15) is 0 Å². The van der Waals surface area contributed by atoms with Gasteiger partial charge >= 0.3 is 0 Å². The van der Waals surface area contributed by atoms with Crippen molar-refractivity contribution in [1.29, 1.82) is 0 Å². The minimum absolute atomic E-state index is 0.241. The third-order valence-corrected chi connectivity index (χ3v) is 4.71. The zero-order valence-electron chi connectivity index (χ0n) is 11.5. The van der Waals surface area contributed by atoms with Gasteiger partial charge in [0.1, 0.15) is 5.01 Å². The van der Waals surface area contributed by atoms with Gasteiger partial charge in [-0.3, -0.25) is 0 Å². The molecule has 0 saturated heterocycles. The molecule has 2 heterocycles.